The fourth-order valence-electron chi connectivity index (χ4n) is 6.12. The summed E-state index contributed by atoms with van der Waals surface area (Å²) in [6.45, 7) is 2.83. The van der Waals surface area contributed by atoms with Gasteiger partial charge in [0.05, 0.1) is 17.8 Å². The summed E-state index contributed by atoms with van der Waals surface area (Å²) >= 11 is 0. The Labute approximate surface area is 233 Å². The van der Waals surface area contributed by atoms with Crippen molar-refractivity contribution in [3.8, 4) is 5.69 Å². The topological polar surface area (TPSA) is 107 Å². The molecule has 0 bridgehead atoms. The molecular formula is C32H34N6O2. The number of nitrogen functional groups attached to an aromatic ring is 1. The maximum Gasteiger partial charge on any atom is 0.225 e. The zero-order valence-corrected chi connectivity index (χ0v) is 22.8. The number of fused-ring (bicyclic) bond motifs is 1. The van der Waals surface area contributed by atoms with Crippen molar-refractivity contribution in [2.45, 2.75) is 69.7 Å². The van der Waals surface area contributed by atoms with Gasteiger partial charge in [0.2, 0.25) is 5.91 Å². The molecule has 4 heterocycles. The Morgan fingerprint density at radius 2 is 1.68 bits per heavy atom. The van der Waals surface area contributed by atoms with Gasteiger partial charge in [-0.1, -0.05) is 0 Å². The lowest BCUT2D eigenvalue weighted by molar-refractivity contribution is -0.136. The SMILES string of the molecule is C[C@H]1CC[C@@H](c2nn(-c3ccc(C(=O)Cc4cc(C5CC5)ccn4)cc3)c3c(N)nccc23)CN1C(=O)C1CC1. The molecule has 2 N–H and O–H groups in total. The predicted octanol–water partition coefficient (Wildman–Crippen LogP) is 5.21. The molecule has 8 nitrogen and oxygen atoms in total. The summed E-state index contributed by atoms with van der Waals surface area (Å²) < 4.78 is 1.84. The van der Waals surface area contributed by atoms with E-state index >= 15 is 0 Å². The van der Waals surface area contributed by atoms with Crippen molar-refractivity contribution >= 4 is 28.4 Å². The molecule has 1 amide bonds. The Balaban J connectivity index is 1.16. The van der Waals surface area contributed by atoms with Crippen LogP contribution >= 0.6 is 0 Å². The van der Waals surface area contributed by atoms with E-state index in [1.807, 2.05) is 41.2 Å². The van der Waals surface area contributed by atoms with Crippen molar-refractivity contribution in [3.05, 3.63) is 77.4 Å². The summed E-state index contributed by atoms with van der Waals surface area (Å²) in [6, 6.07) is 13.9. The average molecular weight is 535 g/mol. The van der Waals surface area contributed by atoms with Crippen LogP contribution in [0.25, 0.3) is 16.6 Å². The summed E-state index contributed by atoms with van der Waals surface area (Å²) in [5.41, 5.74) is 11.7. The van der Waals surface area contributed by atoms with Gasteiger partial charge in [-0.05, 0) is 99.4 Å². The molecule has 1 aliphatic heterocycles. The van der Waals surface area contributed by atoms with Gasteiger partial charge in [-0.3, -0.25) is 14.6 Å². The van der Waals surface area contributed by atoms with Gasteiger partial charge in [0, 0.05) is 53.5 Å². The van der Waals surface area contributed by atoms with Gasteiger partial charge in [-0.15, -0.1) is 0 Å². The summed E-state index contributed by atoms with van der Waals surface area (Å²) in [6.07, 6.45) is 10.2. The van der Waals surface area contributed by atoms with Crippen molar-refractivity contribution in [3.63, 3.8) is 0 Å². The van der Waals surface area contributed by atoms with Crippen LogP contribution in [0.4, 0.5) is 5.82 Å². The molecule has 2 aliphatic carbocycles. The molecule has 2 atom stereocenters. The van der Waals surface area contributed by atoms with Crippen molar-refractivity contribution in [1.82, 2.24) is 24.6 Å². The maximum atomic E-state index is 13.1. The van der Waals surface area contributed by atoms with Crippen LogP contribution in [0.1, 0.15) is 84.6 Å². The number of carbonyl (C=O) groups excluding carboxylic acids is 2. The number of nitrogens with two attached hydrogens (primary N) is 1. The van der Waals surface area contributed by atoms with Crippen LogP contribution in [-0.2, 0) is 11.2 Å². The van der Waals surface area contributed by atoms with Crippen LogP contribution in [0.2, 0.25) is 0 Å². The normalized spacial score (nSPS) is 21.1. The van der Waals surface area contributed by atoms with Crippen LogP contribution in [0, 0.1) is 5.92 Å². The van der Waals surface area contributed by atoms with Crippen LogP contribution in [-0.4, -0.2) is 48.9 Å². The van der Waals surface area contributed by atoms with E-state index in [4.69, 9.17) is 10.8 Å². The second kappa shape index (κ2) is 9.84. The number of anilines is 1. The molecule has 3 aromatic heterocycles. The maximum absolute atomic E-state index is 13.1. The Hall–Kier alpha value is -4.07. The number of pyridine rings is 2. The molecule has 1 saturated heterocycles. The molecule has 3 aliphatic rings. The van der Waals surface area contributed by atoms with E-state index < -0.39 is 0 Å². The second-order valence-electron chi connectivity index (χ2n) is 11.8. The van der Waals surface area contributed by atoms with E-state index in [-0.39, 0.29) is 36.0 Å². The molecular weight excluding hydrogens is 500 g/mol. The molecule has 8 heteroatoms. The zero-order valence-electron chi connectivity index (χ0n) is 22.8. The third-order valence-corrected chi connectivity index (χ3v) is 8.79. The summed E-state index contributed by atoms with van der Waals surface area (Å²) in [7, 11) is 0. The number of amides is 1. The van der Waals surface area contributed by atoms with Gasteiger partial charge >= 0.3 is 0 Å². The Morgan fingerprint density at radius 1 is 0.925 bits per heavy atom. The fraction of sp³-hybridized carbons (Fsp3) is 0.406. The zero-order chi connectivity index (χ0) is 27.4. The first-order chi connectivity index (χ1) is 19.5. The lowest BCUT2D eigenvalue weighted by Crippen LogP contribution is -2.45. The minimum absolute atomic E-state index is 0.0379. The molecule has 1 aromatic carbocycles. The van der Waals surface area contributed by atoms with Crippen LogP contribution in [0.5, 0.6) is 0 Å². The number of hydrogen-bond donors (Lipinski definition) is 1. The number of Topliss-reactive ketones (excluding diaryl/α,β-unsaturated/α-hetero) is 1. The highest BCUT2D eigenvalue weighted by Gasteiger charge is 2.39. The van der Waals surface area contributed by atoms with E-state index in [0.29, 0.717) is 23.8 Å². The van der Waals surface area contributed by atoms with Gasteiger partial charge in [-0.25, -0.2) is 9.67 Å². The van der Waals surface area contributed by atoms with E-state index in [1.54, 1.807) is 6.20 Å². The summed E-state index contributed by atoms with van der Waals surface area (Å²) in [5, 5.41) is 6.03. The first-order valence-corrected chi connectivity index (χ1v) is 14.5. The minimum atomic E-state index is 0.0379. The second-order valence-corrected chi connectivity index (χ2v) is 11.8. The van der Waals surface area contributed by atoms with E-state index in [1.165, 1.54) is 18.4 Å². The van der Waals surface area contributed by atoms with E-state index in [2.05, 4.69) is 33.9 Å². The molecule has 2 saturated carbocycles. The quantitative estimate of drug-likeness (QED) is 0.327. The highest BCUT2D eigenvalue weighted by molar-refractivity contribution is 5.97. The monoisotopic (exact) mass is 534 g/mol. The molecule has 0 unspecified atom stereocenters. The van der Waals surface area contributed by atoms with Crippen molar-refractivity contribution < 1.29 is 9.59 Å². The van der Waals surface area contributed by atoms with Gasteiger partial charge in [-0.2, -0.15) is 5.10 Å². The standard InChI is InChI=1S/C32H34N6O2/c1-19-2-3-24(18-37(19)32(40)22-6-7-22)29-27-13-15-35-31(33)30(27)38(36-29)26-10-8-21(9-11-26)28(39)17-25-16-23(12-14-34-25)20-4-5-20/h8-16,19-20,22,24H,2-7,17-18H2,1H3,(H2,33,35)/t19-,24+/m0/s1. The highest BCUT2D eigenvalue weighted by atomic mass is 16.2. The first-order valence-electron chi connectivity index (χ1n) is 14.5. The number of piperidine rings is 1. The molecule has 40 heavy (non-hydrogen) atoms. The van der Waals surface area contributed by atoms with E-state index in [9.17, 15) is 9.59 Å². The Kier molecular flexibility index (Phi) is 6.13. The number of benzene rings is 1. The predicted molar refractivity (Wildman–Crippen MR) is 153 cm³/mol. The minimum Gasteiger partial charge on any atom is -0.382 e. The lowest BCUT2D eigenvalue weighted by Gasteiger charge is -2.37. The van der Waals surface area contributed by atoms with Gasteiger partial charge in [0.25, 0.3) is 0 Å². The van der Waals surface area contributed by atoms with Crippen molar-refractivity contribution in [2.24, 2.45) is 5.92 Å². The Morgan fingerprint density at radius 3 is 2.42 bits per heavy atom. The van der Waals surface area contributed by atoms with Gasteiger partial charge in [0.1, 0.15) is 11.3 Å². The fourth-order valence-corrected chi connectivity index (χ4v) is 6.12. The largest absolute Gasteiger partial charge is 0.382 e. The Bertz CT molecular complexity index is 1600. The molecule has 204 valence electrons. The average Bonchev–Trinajstić information content (AvgIpc) is 3.90. The number of aromatic nitrogens is 4. The number of nitrogens with zero attached hydrogens (tertiary/aromatic N) is 5. The summed E-state index contributed by atoms with van der Waals surface area (Å²) in [5.74, 6) is 1.70. The molecule has 7 rings (SSSR count). The van der Waals surface area contributed by atoms with Gasteiger partial charge < -0.3 is 10.6 Å². The molecule has 0 radical (unpaired) electrons. The highest BCUT2D eigenvalue weighted by Crippen LogP contribution is 2.40. The number of hydrogen-bond acceptors (Lipinski definition) is 6. The third-order valence-electron chi connectivity index (χ3n) is 8.79. The number of rotatable bonds is 7. The van der Waals surface area contributed by atoms with Crippen molar-refractivity contribution in [1.29, 1.82) is 0 Å². The van der Waals surface area contributed by atoms with Gasteiger partial charge in [0.15, 0.2) is 5.78 Å². The number of likely N-dealkylation sites (tertiary alicyclic amines) is 1. The number of carbonyl (C=O) groups is 2. The lowest BCUT2D eigenvalue weighted by atomic mass is 9.89. The third kappa shape index (κ3) is 4.65. The molecule has 4 aromatic rings. The number of ketones is 1. The molecule has 3 fully saturated rings. The van der Waals surface area contributed by atoms with Crippen LogP contribution in [0.15, 0.2) is 54.9 Å². The van der Waals surface area contributed by atoms with Crippen LogP contribution < -0.4 is 5.73 Å². The van der Waals surface area contributed by atoms with Crippen LogP contribution in [0.3, 0.4) is 0 Å². The molecule has 0 spiro atoms. The smallest absolute Gasteiger partial charge is 0.225 e. The van der Waals surface area contributed by atoms with Crippen molar-refractivity contribution in [2.75, 3.05) is 12.3 Å². The summed E-state index contributed by atoms with van der Waals surface area (Å²) in [4.78, 5) is 36.9. The first kappa shape index (κ1) is 24.9. The van der Waals surface area contributed by atoms with E-state index in [0.717, 1.165) is 53.7 Å².